The fourth-order valence-electron chi connectivity index (χ4n) is 1.95. The highest BCUT2D eigenvalue weighted by Gasteiger charge is 2.12. The number of carboxylic acids is 1. The van der Waals surface area contributed by atoms with Gasteiger partial charge in [0.05, 0.1) is 11.8 Å². The number of nitrogens with zero attached hydrogens (tertiary/aromatic N) is 1. The van der Waals surface area contributed by atoms with Gasteiger partial charge in [-0.1, -0.05) is 18.2 Å². The zero-order valence-electron chi connectivity index (χ0n) is 9.42. The van der Waals surface area contributed by atoms with E-state index in [4.69, 9.17) is 10.2 Å². The first-order valence-corrected chi connectivity index (χ1v) is 5.23. The van der Waals surface area contributed by atoms with Gasteiger partial charge in [0, 0.05) is 30.6 Å². The van der Waals surface area contributed by atoms with Crippen molar-refractivity contribution in [2.45, 2.75) is 6.42 Å². The maximum Gasteiger partial charge on any atom is 0.335 e. The third kappa shape index (κ3) is 2.01. The molecule has 0 saturated heterocycles. The average Bonchev–Trinajstić information content (AvgIpc) is 2.63. The minimum Gasteiger partial charge on any atom is -0.515 e. The topological polar surface area (TPSA) is 62.5 Å². The second-order valence-corrected chi connectivity index (χ2v) is 3.92. The lowest BCUT2D eigenvalue weighted by Crippen LogP contribution is -2.03. The Balaban J connectivity index is 2.47. The Morgan fingerprint density at radius 2 is 2.12 bits per heavy atom. The SMILES string of the molecule is Cn1cc(CC(=CO)C(=O)O)c2ccccc21. The van der Waals surface area contributed by atoms with E-state index < -0.39 is 5.97 Å². The van der Waals surface area contributed by atoms with Crippen LogP contribution in [0.25, 0.3) is 10.9 Å². The molecule has 17 heavy (non-hydrogen) atoms. The predicted octanol–water partition coefficient (Wildman–Crippen LogP) is 2.25. The number of aliphatic hydroxyl groups excluding tert-OH is 1. The number of benzene rings is 1. The maximum absolute atomic E-state index is 10.8. The van der Waals surface area contributed by atoms with Gasteiger partial charge in [-0.05, 0) is 11.6 Å². The Morgan fingerprint density at radius 1 is 1.41 bits per heavy atom. The van der Waals surface area contributed by atoms with E-state index in [1.165, 1.54) is 0 Å². The number of para-hydroxylation sites is 1. The molecule has 0 aliphatic carbocycles. The molecule has 4 heteroatoms. The number of aryl methyl sites for hydroxylation is 1. The quantitative estimate of drug-likeness (QED) is 0.629. The Morgan fingerprint density at radius 3 is 2.76 bits per heavy atom. The van der Waals surface area contributed by atoms with Crippen LogP contribution >= 0.6 is 0 Å². The van der Waals surface area contributed by atoms with Crippen LogP contribution in [0, 0.1) is 0 Å². The van der Waals surface area contributed by atoms with Crippen molar-refractivity contribution in [2.24, 2.45) is 7.05 Å². The zero-order chi connectivity index (χ0) is 12.4. The molecule has 1 aromatic carbocycles. The molecule has 88 valence electrons. The van der Waals surface area contributed by atoms with Crippen molar-refractivity contribution in [1.29, 1.82) is 0 Å². The van der Waals surface area contributed by atoms with E-state index in [1.54, 1.807) is 0 Å². The molecular formula is C13H13NO3. The number of aliphatic carboxylic acids is 1. The second kappa shape index (κ2) is 4.33. The van der Waals surface area contributed by atoms with Gasteiger partial charge in [0.1, 0.15) is 0 Å². The molecule has 0 unspecified atom stereocenters. The van der Waals surface area contributed by atoms with E-state index in [0.29, 0.717) is 6.26 Å². The molecule has 2 rings (SSSR count). The summed E-state index contributed by atoms with van der Waals surface area (Å²) in [4.78, 5) is 10.8. The molecule has 0 bridgehead atoms. The second-order valence-electron chi connectivity index (χ2n) is 3.92. The van der Waals surface area contributed by atoms with Gasteiger partial charge >= 0.3 is 5.97 Å². The number of aromatic nitrogens is 1. The van der Waals surface area contributed by atoms with E-state index in [2.05, 4.69) is 0 Å². The molecule has 0 aliphatic rings. The lowest BCUT2D eigenvalue weighted by Gasteiger charge is -1.99. The van der Waals surface area contributed by atoms with Crippen molar-refractivity contribution in [3.63, 3.8) is 0 Å². The van der Waals surface area contributed by atoms with E-state index in [-0.39, 0.29) is 12.0 Å². The first-order valence-electron chi connectivity index (χ1n) is 5.23. The van der Waals surface area contributed by atoms with Crippen LogP contribution in [-0.4, -0.2) is 20.7 Å². The van der Waals surface area contributed by atoms with Crippen molar-refractivity contribution in [3.8, 4) is 0 Å². The van der Waals surface area contributed by atoms with Gasteiger partial charge < -0.3 is 14.8 Å². The number of fused-ring (bicyclic) bond motifs is 1. The third-order valence-corrected chi connectivity index (χ3v) is 2.79. The summed E-state index contributed by atoms with van der Waals surface area (Å²) >= 11 is 0. The minimum atomic E-state index is -1.10. The molecular weight excluding hydrogens is 218 g/mol. The van der Waals surface area contributed by atoms with E-state index in [9.17, 15) is 4.79 Å². The highest BCUT2D eigenvalue weighted by atomic mass is 16.4. The van der Waals surface area contributed by atoms with Gasteiger partial charge in [-0.3, -0.25) is 0 Å². The van der Waals surface area contributed by atoms with Crippen LogP contribution < -0.4 is 0 Å². The zero-order valence-corrected chi connectivity index (χ0v) is 9.42. The standard InChI is InChI=1S/C13H13NO3/c1-14-7-9(6-10(8-15)13(16)17)11-4-2-3-5-12(11)14/h2-5,7-8,15H,6H2,1H3,(H,16,17). The summed E-state index contributed by atoms with van der Waals surface area (Å²) in [5, 5.41) is 18.8. The predicted molar refractivity (Wildman–Crippen MR) is 65.0 cm³/mol. The summed E-state index contributed by atoms with van der Waals surface area (Å²) in [5.74, 6) is -1.10. The number of hydrogen-bond acceptors (Lipinski definition) is 2. The largest absolute Gasteiger partial charge is 0.515 e. The molecule has 0 aliphatic heterocycles. The van der Waals surface area contributed by atoms with Crippen LogP contribution in [0.2, 0.25) is 0 Å². The monoisotopic (exact) mass is 231 g/mol. The Bertz CT molecular complexity index is 596. The van der Waals surface area contributed by atoms with E-state index in [0.717, 1.165) is 16.5 Å². The first kappa shape index (κ1) is 11.3. The Kier molecular flexibility index (Phi) is 2.87. The Labute approximate surface area is 98.4 Å². The maximum atomic E-state index is 10.8. The number of carboxylic acid groups (broad SMARTS) is 1. The summed E-state index contributed by atoms with van der Waals surface area (Å²) in [5.41, 5.74) is 1.93. The lowest BCUT2D eigenvalue weighted by atomic mass is 10.1. The minimum absolute atomic E-state index is 0.0126. The van der Waals surface area contributed by atoms with Crippen LogP contribution in [0.1, 0.15) is 5.56 Å². The fraction of sp³-hybridized carbons (Fsp3) is 0.154. The molecule has 0 saturated carbocycles. The highest BCUT2D eigenvalue weighted by Crippen LogP contribution is 2.22. The summed E-state index contributed by atoms with van der Waals surface area (Å²) in [6.07, 6.45) is 2.76. The molecule has 1 heterocycles. The van der Waals surface area contributed by atoms with Crippen molar-refractivity contribution in [3.05, 3.63) is 47.9 Å². The molecule has 0 fully saturated rings. The van der Waals surface area contributed by atoms with Gasteiger partial charge in [0.25, 0.3) is 0 Å². The molecule has 0 atom stereocenters. The number of carbonyl (C=O) groups is 1. The van der Waals surface area contributed by atoms with Crippen molar-refractivity contribution >= 4 is 16.9 Å². The van der Waals surface area contributed by atoms with E-state index >= 15 is 0 Å². The van der Waals surface area contributed by atoms with Crippen molar-refractivity contribution in [2.75, 3.05) is 0 Å². The van der Waals surface area contributed by atoms with Crippen LogP contribution in [0.15, 0.2) is 42.3 Å². The molecule has 2 aromatic rings. The molecule has 0 amide bonds. The van der Waals surface area contributed by atoms with Gasteiger partial charge in [-0.2, -0.15) is 0 Å². The summed E-state index contributed by atoms with van der Waals surface area (Å²) < 4.78 is 1.95. The number of hydrogen-bond donors (Lipinski definition) is 2. The molecule has 4 nitrogen and oxygen atoms in total. The van der Waals surface area contributed by atoms with Gasteiger partial charge in [-0.15, -0.1) is 0 Å². The summed E-state index contributed by atoms with van der Waals surface area (Å²) in [7, 11) is 1.91. The summed E-state index contributed by atoms with van der Waals surface area (Å²) in [6.45, 7) is 0. The van der Waals surface area contributed by atoms with Gasteiger partial charge in [-0.25, -0.2) is 4.79 Å². The third-order valence-electron chi connectivity index (χ3n) is 2.79. The van der Waals surface area contributed by atoms with Crippen LogP contribution in [0.4, 0.5) is 0 Å². The van der Waals surface area contributed by atoms with Gasteiger partial charge in [0.2, 0.25) is 0 Å². The number of aliphatic hydroxyl groups is 1. The van der Waals surface area contributed by atoms with Crippen LogP contribution in [0.3, 0.4) is 0 Å². The normalized spacial score (nSPS) is 11.9. The first-order chi connectivity index (χ1) is 8.13. The van der Waals surface area contributed by atoms with Crippen LogP contribution in [0.5, 0.6) is 0 Å². The number of rotatable bonds is 3. The summed E-state index contributed by atoms with van der Waals surface area (Å²) in [6, 6.07) is 7.77. The fourth-order valence-corrected chi connectivity index (χ4v) is 1.95. The van der Waals surface area contributed by atoms with Crippen molar-refractivity contribution < 1.29 is 15.0 Å². The Hall–Kier alpha value is -2.23. The van der Waals surface area contributed by atoms with Crippen LogP contribution in [-0.2, 0) is 18.3 Å². The highest BCUT2D eigenvalue weighted by molar-refractivity contribution is 5.89. The van der Waals surface area contributed by atoms with Crippen molar-refractivity contribution in [1.82, 2.24) is 4.57 Å². The molecule has 2 N–H and O–H groups in total. The lowest BCUT2D eigenvalue weighted by molar-refractivity contribution is -0.132. The van der Waals surface area contributed by atoms with Gasteiger partial charge in [0.15, 0.2) is 0 Å². The van der Waals surface area contributed by atoms with E-state index in [1.807, 2.05) is 42.1 Å². The molecule has 0 spiro atoms. The molecule has 0 radical (unpaired) electrons. The molecule has 1 aromatic heterocycles. The smallest absolute Gasteiger partial charge is 0.335 e. The average molecular weight is 231 g/mol.